The largest absolute Gasteiger partial charge is 0.460 e. The molecular weight excluding hydrogens is 652 g/mol. The molecule has 3 heterocycles. The molecule has 3 aromatic carbocycles. The predicted molar refractivity (Wildman–Crippen MR) is 203 cm³/mol. The lowest BCUT2D eigenvalue weighted by Gasteiger charge is -2.35. The highest BCUT2D eigenvalue weighted by molar-refractivity contribution is 5.83. The molecule has 0 unspecified atom stereocenters. The number of piperidine rings is 1. The number of amides is 1. The molecule has 4 atom stereocenters. The highest BCUT2D eigenvalue weighted by Gasteiger charge is 2.51. The quantitative estimate of drug-likeness (QED) is 0.130. The molecule has 1 amide bonds. The zero-order valence-corrected chi connectivity index (χ0v) is 31.0. The number of imidazole rings is 2. The maximum Gasteiger partial charge on any atom is 0.411 e. The number of H-pyrrole nitrogens is 2. The minimum atomic E-state index is -0.540. The number of aromatic nitrogens is 4. The molecule has 10 nitrogen and oxygen atoms in total. The Labute approximate surface area is 305 Å². The van der Waals surface area contributed by atoms with Crippen LogP contribution in [0.5, 0.6) is 0 Å². The van der Waals surface area contributed by atoms with Gasteiger partial charge in [-0.15, -0.1) is 0 Å². The van der Waals surface area contributed by atoms with Gasteiger partial charge in [-0.3, -0.25) is 9.69 Å². The molecule has 2 fully saturated rings. The molecule has 1 saturated carbocycles. The van der Waals surface area contributed by atoms with Crippen molar-refractivity contribution in [2.45, 2.75) is 109 Å². The van der Waals surface area contributed by atoms with E-state index < -0.39 is 11.2 Å². The number of hydrogen-bond acceptors (Lipinski definition) is 7. The average Bonchev–Trinajstić information content (AvgIpc) is 3.90. The van der Waals surface area contributed by atoms with E-state index in [4.69, 9.17) is 25.2 Å². The molecule has 0 spiro atoms. The van der Waals surface area contributed by atoms with Crippen molar-refractivity contribution in [3.63, 3.8) is 0 Å². The molecule has 4 N–H and O–H groups in total. The van der Waals surface area contributed by atoms with Crippen molar-refractivity contribution in [2.75, 3.05) is 0 Å². The number of nitrogens with two attached hydrogens (primary N) is 1. The van der Waals surface area contributed by atoms with E-state index >= 15 is 0 Å². The number of carbonyl (C=O) groups excluding carboxylic acids is 2. The second kappa shape index (κ2) is 13.9. The number of nitrogens with zero attached hydrogens (tertiary/aromatic N) is 3. The molecule has 2 aliphatic rings. The number of rotatable bonds is 9. The summed E-state index contributed by atoms with van der Waals surface area (Å²) >= 11 is 0. The van der Waals surface area contributed by atoms with Gasteiger partial charge < -0.3 is 25.2 Å². The van der Waals surface area contributed by atoms with Gasteiger partial charge in [-0.05, 0) is 120 Å². The Morgan fingerprint density at radius 1 is 0.846 bits per heavy atom. The molecule has 52 heavy (non-hydrogen) atoms. The smallest absolute Gasteiger partial charge is 0.411 e. The van der Waals surface area contributed by atoms with Crippen LogP contribution in [0.25, 0.3) is 44.5 Å². The summed E-state index contributed by atoms with van der Waals surface area (Å²) in [5.74, 6) is 1.73. The van der Waals surface area contributed by atoms with Gasteiger partial charge >= 0.3 is 12.1 Å². The Kier molecular flexibility index (Phi) is 9.46. The zero-order valence-electron chi connectivity index (χ0n) is 31.0. The molecule has 0 radical (unpaired) electrons. The molecule has 2 bridgehead atoms. The van der Waals surface area contributed by atoms with Crippen molar-refractivity contribution < 1.29 is 19.1 Å². The van der Waals surface area contributed by atoms with Crippen LogP contribution in [0.4, 0.5) is 4.79 Å². The van der Waals surface area contributed by atoms with Gasteiger partial charge in [0.25, 0.3) is 0 Å². The second-order valence-corrected chi connectivity index (χ2v) is 16.3. The van der Waals surface area contributed by atoms with Gasteiger partial charge in [-0.25, -0.2) is 14.8 Å². The topological polar surface area (TPSA) is 139 Å². The Balaban J connectivity index is 0.992. The van der Waals surface area contributed by atoms with Crippen LogP contribution >= 0.6 is 0 Å². The molecule has 2 aromatic heterocycles. The van der Waals surface area contributed by atoms with Crippen molar-refractivity contribution in [1.29, 1.82) is 0 Å². The summed E-state index contributed by atoms with van der Waals surface area (Å²) in [6, 6.07) is 23.1. The molecule has 1 saturated heterocycles. The first kappa shape index (κ1) is 35.4. The number of aromatic amines is 2. The number of fused-ring (bicyclic) bond motifs is 3. The summed E-state index contributed by atoms with van der Waals surface area (Å²) in [6.45, 7) is 11.3. The first-order valence-electron chi connectivity index (χ1n) is 18.5. The van der Waals surface area contributed by atoms with E-state index in [0.717, 1.165) is 75.5 Å². The van der Waals surface area contributed by atoms with Gasteiger partial charge in [0.05, 0.1) is 35.0 Å². The second-order valence-electron chi connectivity index (χ2n) is 16.3. The van der Waals surface area contributed by atoms with Crippen molar-refractivity contribution in [3.05, 3.63) is 84.6 Å². The molecular formula is C42H50N6O4. The summed E-state index contributed by atoms with van der Waals surface area (Å²) < 4.78 is 11.2. The first-order chi connectivity index (χ1) is 24.7. The molecule has 1 aliphatic carbocycles. The summed E-state index contributed by atoms with van der Waals surface area (Å²) in [7, 11) is 0. The third-order valence-electron chi connectivity index (χ3n) is 9.98. The molecule has 5 aromatic rings. The molecule has 272 valence electrons. The van der Waals surface area contributed by atoms with E-state index in [1.807, 2.05) is 58.7 Å². The monoisotopic (exact) mass is 702 g/mol. The lowest BCUT2D eigenvalue weighted by Crippen LogP contribution is -2.43. The summed E-state index contributed by atoms with van der Waals surface area (Å²) in [6.07, 6.45) is 6.35. The molecule has 7 rings (SSSR count). The van der Waals surface area contributed by atoms with E-state index in [0.29, 0.717) is 25.2 Å². The average molecular weight is 703 g/mol. The Bertz CT molecular complexity index is 2050. The van der Waals surface area contributed by atoms with Crippen LogP contribution in [-0.2, 0) is 14.3 Å². The van der Waals surface area contributed by atoms with Crippen LogP contribution in [0.3, 0.4) is 0 Å². The maximum atomic E-state index is 13.2. The lowest BCUT2D eigenvalue weighted by atomic mass is 9.98. The Morgan fingerprint density at radius 2 is 1.46 bits per heavy atom. The first-order valence-corrected chi connectivity index (χ1v) is 18.5. The number of hydrogen-bond donors (Lipinski definition) is 3. The van der Waals surface area contributed by atoms with E-state index in [2.05, 4.69) is 70.6 Å². The van der Waals surface area contributed by atoms with E-state index in [1.165, 1.54) is 0 Å². The molecule has 1 aliphatic heterocycles. The normalized spacial score (nSPS) is 19.3. The Hall–Kier alpha value is -4.96. The van der Waals surface area contributed by atoms with Crippen LogP contribution in [0.15, 0.2) is 72.9 Å². The SMILES string of the molecule is CC(C)(C)OC(=O)CCC[C@H](N)c1nc2ccc(-c3ccc(-c4ccc(-c5cnc([C@@H]6[C@@H]7CC[C@@H](C7)N6C(=O)OC(C)(C)C)[nH]5)cc4)cc3)cc2[nH]1. The van der Waals surface area contributed by atoms with Crippen molar-refractivity contribution in [3.8, 4) is 33.5 Å². The number of esters is 1. The van der Waals surface area contributed by atoms with Gasteiger partial charge in [0, 0.05) is 12.5 Å². The highest BCUT2D eigenvalue weighted by atomic mass is 16.6. The number of nitrogens with one attached hydrogen (secondary N) is 2. The fourth-order valence-electron chi connectivity index (χ4n) is 7.63. The van der Waals surface area contributed by atoms with Crippen molar-refractivity contribution in [2.24, 2.45) is 11.7 Å². The minimum Gasteiger partial charge on any atom is -0.460 e. The van der Waals surface area contributed by atoms with Crippen LogP contribution < -0.4 is 5.73 Å². The zero-order chi connectivity index (χ0) is 36.8. The minimum absolute atomic E-state index is 0.0870. The van der Waals surface area contributed by atoms with Gasteiger partial charge in [0.1, 0.15) is 22.9 Å². The third kappa shape index (κ3) is 7.77. The number of benzene rings is 3. The van der Waals surface area contributed by atoms with Gasteiger partial charge in [-0.1, -0.05) is 54.6 Å². The third-order valence-corrected chi connectivity index (χ3v) is 9.98. The van der Waals surface area contributed by atoms with Crippen LogP contribution in [0.2, 0.25) is 0 Å². The van der Waals surface area contributed by atoms with Gasteiger partial charge in [0.15, 0.2) is 0 Å². The van der Waals surface area contributed by atoms with E-state index in [9.17, 15) is 9.59 Å². The standard InChI is InChI=1S/C42H50N6O4/c1-41(2,3)51-36(49)9-7-8-32(43)38-45-33-21-19-29(23-34(33)46-38)27-12-10-25(11-13-27)26-14-16-28(17-15-26)35-24-44-39(47-35)37-30-18-20-31(22-30)48(37)40(50)52-42(4,5)6/h10-17,19,21,23-24,30-32,37H,7-9,18,20,22,43H2,1-6H3,(H,44,47)(H,45,46)/t30-,31+,32+,37+/m1/s1. The fraction of sp³-hybridized carbons (Fsp3) is 0.429. The van der Waals surface area contributed by atoms with Crippen molar-refractivity contribution >= 4 is 23.1 Å². The van der Waals surface area contributed by atoms with Gasteiger partial charge in [0.2, 0.25) is 0 Å². The summed E-state index contributed by atoms with van der Waals surface area (Å²) in [4.78, 5) is 43.6. The van der Waals surface area contributed by atoms with Gasteiger partial charge in [-0.2, -0.15) is 0 Å². The van der Waals surface area contributed by atoms with E-state index in [-0.39, 0.29) is 30.2 Å². The lowest BCUT2D eigenvalue weighted by molar-refractivity contribution is -0.154. The van der Waals surface area contributed by atoms with Crippen LogP contribution in [-0.4, -0.2) is 54.1 Å². The molecule has 10 heteroatoms. The highest BCUT2D eigenvalue weighted by Crippen LogP contribution is 2.50. The summed E-state index contributed by atoms with van der Waals surface area (Å²) in [5, 5.41) is 0. The predicted octanol–water partition coefficient (Wildman–Crippen LogP) is 9.26. The maximum absolute atomic E-state index is 13.2. The van der Waals surface area contributed by atoms with Crippen LogP contribution in [0.1, 0.15) is 104 Å². The fourth-order valence-corrected chi connectivity index (χ4v) is 7.63. The number of likely N-dealkylation sites (tertiary alicyclic amines) is 1. The number of carbonyl (C=O) groups is 2. The number of ether oxygens (including phenoxy) is 2. The van der Waals surface area contributed by atoms with E-state index in [1.54, 1.807) is 0 Å². The van der Waals surface area contributed by atoms with Crippen LogP contribution in [0, 0.1) is 5.92 Å². The van der Waals surface area contributed by atoms with Crippen molar-refractivity contribution in [1.82, 2.24) is 24.8 Å². The summed E-state index contributed by atoms with van der Waals surface area (Å²) in [5.41, 5.74) is 13.6. The Morgan fingerprint density at radius 3 is 2.12 bits per heavy atom.